The maximum atomic E-state index is 12.3. The van der Waals surface area contributed by atoms with E-state index in [1.165, 1.54) is 0 Å². The molecule has 90 valence electrons. The van der Waals surface area contributed by atoms with Crippen LogP contribution in [0.15, 0.2) is 12.7 Å². The van der Waals surface area contributed by atoms with E-state index in [-0.39, 0.29) is 17.9 Å². The zero-order valence-electron chi connectivity index (χ0n) is 10.2. The van der Waals surface area contributed by atoms with E-state index in [0.717, 1.165) is 0 Å². The second-order valence-corrected chi connectivity index (χ2v) is 4.53. The number of carbonyl (C=O) groups excluding carboxylic acids is 2. The van der Waals surface area contributed by atoms with Gasteiger partial charge >= 0.3 is 0 Å². The quantitative estimate of drug-likeness (QED) is 0.729. The molecule has 1 N–H and O–H groups in total. The van der Waals surface area contributed by atoms with Crippen molar-refractivity contribution in [1.82, 2.24) is 10.2 Å². The van der Waals surface area contributed by atoms with Gasteiger partial charge in [0.25, 0.3) is 0 Å². The average Bonchev–Trinajstić information content (AvgIpc) is 2.30. The number of hydrogen-bond acceptors (Lipinski definition) is 2. The number of amides is 2. The normalized spacial score (nSPS) is 30.9. The lowest BCUT2D eigenvalue weighted by Gasteiger charge is -2.32. The maximum Gasteiger partial charge on any atom is 0.248 e. The van der Waals surface area contributed by atoms with E-state index in [0.29, 0.717) is 19.4 Å². The van der Waals surface area contributed by atoms with E-state index in [2.05, 4.69) is 11.9 Å². The first-order valence-corrected chi connectivity index (χ1v) is 5.67. The summed E-state index contributed by atoms with van der Waals surface area (Å²) in [5, 5.41) is 2.81. The summed E-state index contributed by atoms with van der Waals surface area (Å²) in [6, 6.07) is -0.0705. The first kappa shape index (κ1) is 12.7. The number of rotatable bonds is 3. The Labute approximate surface area is 96.7 Å². The van der Waals surface area contributed by atoms with E-state index >= 15 is 0 Å². The average molecular weight is 224 g/mol. The van der Waals surface area contributed by atoms with Gasteiger partial charge in [0.05, 0.1) is 0 Å². The van der Waals surface area contributed by atoms with Gasteiger partial charge in [-0.2, -0.15) is 0 Å². The van der Waals surface area contributed by atoms with Crippen molar-refractivity contribution in [3.63, 3.8) is 0 Å². The summed E-state index contributed by atoms with van der Waals surface area (Å²) in [5.41, 5.74) is -0.773. The highest BCUT2D eigenvalue weighted by Gasteiger charge is 2.41. The van der Waals surface area contributed by atoms with E-state index < -0.39 is 5.54 Å². The summed E-state index contributed by atoms with van der Waals surface area (Å²) in [7, 11) is 0. The van der Waals surface area contributed by atoms with E-state index in [1.807, 2.05) is 13.8 Å². The molecule has 0 bridgehead atoms. The van der Waals surface area contributed by atoms with E-state index in [1.54, 1.807) is 17.9 Å². The molecule has 0 aromatic rings. The molecule has 16 heavy (non-hydrogen) atoms. The summed E-state index contributed by atoms with van der Waals surface area (Å²) in [4.78, 5) is 25.7. The van der Waals surface area contributed by atoms with Crippen LogP contribution >= 0.6 is 0 Å². The van der Waals surface area contributed by atoms with Crippen LogP contribution in [0.5, 0.6) is 0 Å². The third-order valence-corrected chi connectivity index (χ3v) is 3.19. The molecule has 1 fully saturated rings. The van der Waals surface area contributed by atoms with Gasteiger partial charge in [-0.1, -0.05) is 13.0 Å². The second-order valence-electron chi connectivity index (χ2n) is 4.53. The van der Waals surface area contributed by atoms with Gasteiger partial charge in [0.2, 0.25) is 11.8 Å². The van der Waals surface area contributed by atoms with E-state index in [9.17, 15) is 9.59 Å². The minimum Gasteiger partial charge on any atom is -0.342 e. The van der Waals surface area contributed by atoms with Gasteiger partial charge in [-0.05, 0) is 20.3 Å². The monoisotopic (exact) mass is 224 g/mol. The fraction of sp³-hybridized carbons (Fsp3) is 0.667. The van der Waals surface area contributed by atoms with Crippen LogP contribution in [0.25, 0.3) is 0 Å². The molecule has 1 aliphatic heterocycles. The highest BCUT2D eigenvalue weighted by atomic mass is 16.2. The summed E-state index contributed by atoms with van der Waals surface area (Å²) >= 11 is 0. The molecule has 1 rings (SSSR count). The minimum atomic E-state index is -0.773. The van der Waals surface area contributed by atoms with Crippen LogP contribution in [-0.2, 0) is 9.59 Å². The number of nitrogens with one attached hydrogen (secondary N) is 1. The van der Waals surface area contributed by atoms with Gasteiger partial charge < -0.3 is 10.2 Å². The molecule has 0 spiro atoms. The van der Waals surface area contributed by atoms with Crippen LogP contribution in [0.1, 0.15) is 33.6 Å². The Morgan fingerprint density at radius 3 is 2.75 bits per heavy atom. The molecule has 1 heterocycles. The van der Waals surface area contributed by atoms with Crippen molar-refractivity contribution in [1.29, 1.82) is 0 Å². The first-order valence-electron chi connectivity index (χ1n) is 5.67. The first-order chi connectivity index (χ1) is 7.44. The Bertz CT molecular complexity index is 314. The lowest BCUT2D eigenvalue weighted by atomic mass is 9.97. The summed E-state index contributed by atoms with van der Waals surface area (Å²) in [5.74, 6) is -0.0787. The van der Waals surface area contributed by atoms with Gasteiger partial charge in [-0.25, -0.2) is 0 Å². The predicted octanol–water partition coefficient (Wildman–Crippen LogP) is 1.08. The molecule has 1 aliphatic rings. The topological polar surface area (TPSA) is 49.4 Å². The highest BCUT2D eigenvalue weighted by molar-refractivity contribution is 5.93. The van der Waals surface area contributed by atoms with Crippen molar-refractivity contribution in [2.75, 3.05) is 6.54 Å². The van der Waals surface area contributed by atoms with Gasteiger partial charge in [-0.3, -0.25) is 9.59 Å². The van der Waals surface area contributed by atoms with Crippen LogP contribution in [0.3, 0.4) is 0 Å². The molecule has 4 heteroatoms. The Hall–Kier alpha value is -1.32. The van der Waals surface area contributed by atoms with Gasteiger partial charge in [0, 0.05) is 19.0 Å². The molecule has 0 aromatic heterocycles. The Morgan fingerprint density at radius 1 is 1.62 bits per heavy atom. The van der Waals surface area contributed by atoms with Gasteiger partial charge in [-0.15, -0.1) is 6.58 Å². The molecule has 0 saturated carbocycles. The van der Waals surface area contributed by atoms with Crippen LogP contribution in [0.4, 0.5) is 0 Å². The fourth-order valence-corrected chi connectivity index (χ4v) is 1.95. The molecule has 2 amide bonds. The van der Waals surface area contributed by atoms with Crippen LogP contribution in [0, 0.1) is 0 Å². The molecular weight excluding hydrogens is 204 g/mol. The Balaban J connectivity index is 3.04. The molecule has 0 aromatic carbocycles. The fourth-order valence-electron chi connectivity index (χ4n) is 1.95. The second kappa shape index (κ2) is 4.68. The molecule has 1 saturated heterocycles. The summed E-state index contributed by atoms with van der Waals surface area (Å²) in [6.45, 7) is 9.71. The van der Waals surface area contributed by atoms with Gasteiger partial charge in [0.1, 0.15) is 5.54 Å². The standard InChI is InChI=1S/C12H20N2O2/c1-5-7-14-9(3)8-10(15)13-12(4,6-2)11(14)16/h5,9H,1,6-8H2,2-4H3,(H,13,15). The molecule has 4 nitrogen and oxygen atoms in total. The number of carbonyl (C=O) groups is 2. The smallest absolute Gasteiger partial charge is 0.248 e. The summed E-state index contributed by atoms with van der Waals surface area (Å²) in [6.07, 6.45) is 2.65. The van der Waals surface area contributed by atoms with Crippen molar-refractivity contribution in [3.8, 4) is 0 Å². The van der Waals surface area contributed by atoms with Crippen molar-refractivity contribution < 1.29 is 9.59 Å². The summed E-state index contributed by atoms with van der Waals surface area (Å²) < 4.78 is 0. The molecular formula is C12H20N2O2. The molecule has 2 unspecified atom stereocenters. The third kappa shape index (κ3) is 2.26. The predicted molar refractivity (Wildman–Crippen MR) is 62.8 cm³/mol. The van der Waals surface area contributed by atoms with Crippen LogP contribution in [0.2, 0.25) is 0 Å². The van der Waals surface area contributed by atoms with Crippen molar-refractivity contribution in [2.24, 2.45) is 0 Å². The third-order valence-electron chi connectivity index (χ3n) is 3.19. The number of nitrogens with zero attached hydrogens (tertiary/aromatic N) is 1. The minimum absolute atomic E-state index is 0.0201. The van der Waals surface area contributed by atoms with Crippen molar-refractivity contribution in [2.45, 2.75) is 45.2 Å². The maximum absolute atomic E-state index is 12.3. The van der Waals surface area contributed by atoms with Crippen LogP contribution < -0.4 is 5.32 Å². The molecule has 0 aliphatic carbocycles. The lowest BCUT2D eigenvalue weighted by Crippen LogP contribution is -2.55. The Kier molecular flexibility index (Phi) is 3.73. The van der Waals surface area contributed by atoms with Gasteiger partial charge in [0.15, 0.2) is 0 Å². The lowest BCUT2D eigenvalue weighted by molar-refractivity contribution is -0.139. The highest BCUT2D eigenvalue weighted by Crippen LogP contribution is 2.20. The van der Waals surface area contributed by atoms with Crippen molar-refractivity contribution >= 4 is 11.8 Å². The SMILES string of the molecule is C=CCN1C(=O)C(C)(CC)NC(=O)CC1C. The molecule has 2 atom stereocenters. The zero-order valence-corrected chi connectivity index (χ0v) is 10.2. The molecule has 0 radical (unpaired) electrons. The van der Waals surface area contributed by atoms with Crippen molar-refractivity contribution in [3.05, 3.63) is 12.7 Å². The number of hydrogen-bond donors (Lipinski definition) is 1. The van der Waals surface area contributed by atoms with E-state index in [4.69, 9.17) is 0 Å². The van der Waals surface area contributed by atoms with Crippen LogP contribution in [-0.4, -0.2) is 34.8 Å². The Morgan fingerprint density at radius 2 is 2.25 bits per heavy atom. The largest absolute Gasteiger partial charge is 0.342 e. The zero-order chi connectivity index (χ0) is 12.3.